The second kappa shape index (κ2) is 7.22. The Bertz CT molecular complexity index is 553. The molecular formula is C15H20FN3O3. The number of nitrogens with one attached hydrogen (secondary N) is 1. The third-order valence-electron chi connectivity index (χ3n) is 3.61. The minimum absolute atomic E-state index is 0.111. The van der Waals surface area contributed by atoms with Crippen LogP contribution in [0.1, 0.15) is 13.3 Å². The van der Waals surface area contributed by atoms with Crippen molar-refractivity contribution in [2.24, 2.45) is 0 Å². The molecule has 1 atom stereocenters. The van der Waals surface area contributed by atoms with Crippen molar-refractivity contribution < 1.29 is 19.1 Å². The number of likely N-dealkylation sites (N-methyl/N-ethyl adjacent to an activating group) is 1. The Balaban J connectivity index is 1.99. The average molecular weight is 309 g/mol. The zero-order valence-corrected chi connectivity index (χ0v) is 12.5. The van der Waals surface area contributed by atoms with Crippen molar-refractivity contribution >= 4 is 17.6 Å². The van der Waals surface area contributed by atoms with Crippen LogP contribution in [0.5, 0.6) is 0 Å². The van der Waals surface area contributed by atoms with E-state index in [1.165, 1.54) is 21.9 Å². The Morgan fingerprint density at radius 2 is 2.32 bits per heavy atom. The SMILES string of the molecule is CCN(CCO)C(=O)NC1CC(=O)N(c2cccc(F)c2)C1. The first-order chi connectivity index (χ1) is 10.5. The van der Waals surface area contributed by atoms with Gasteiger partial charge in [0.2, 0.25) is 5.91 Å². The molecule has 0 radical (unpaired) electrons. The number of aliphatic hydroxyl groups excluding tert-OH is 1. The summed E-state index contributed by atoms with van der Waals surface area (Å²) in [5, 5.41) is 11.7. The van der Waals surface area contributed by atoms with Crippen LogP contribution in [0.25, 0.3) is 0 Å². The Morgan fingerprint density at radius 3 is 2.95 bits per heavy atom. The molecule has 0 aromatic heterocycles. The standard InChI is InChI=1S/C15H20FN3O3/c1-2-18(6-7-20)15(22)17-12-9-14(21)19(10-12)13-5-3-4-11(16)8-13/h3-5,8,12,20H,2,6-7,9-10H2,1H3,(H,17,22). The second-order valence-corrected chi connectivity index (χ2v) is 5.14. The lowest BCUT2D eigenvalue weighted by Gasteiger charge is -2.23. The van der Waals surface area contributed by atoms with Gasteiger partial charge in [-0.05, 0) is 25.1 Å². The van der Waals surface area contributed by atoms with Gasteiger partial charge in [0.05, 0.1) is 12.6 Å². The summed E-state index contributed by atoms with van der Waals surface area (Å²) in [7, 11) is 0. The van der Waals surface area contributed by atoms with Crippen LogP contribution in [0.4, 0.5) is 14.9 Å². The maximum absolute atomic E-state index is 13.3. The number of carbonyl (C=O) groups excluding carboxylic acids is 2. The maximum atomic E-state index is 13.3. The van der Waals surface area contributed by atoms with E-state index in [2.05, 4.69) is 5.32 Å². The molecule has 1 saturated heterocycles. The zero-order chi connectivity index (χ0) is 16.1. The monoisotopic (exact) mass is 309 g/mol. The molecule has 1 fully saturated rings. The van der Waals surface area contributed by atoms with Crippen molar-refractivity contribution in [3.05, 3.63) is 30.1 Å². The molecular weight excluding hydrogens is 289 g/mol. The average Bonchev–Trinajstić information content (AvgIpc) is 2.85. The molecule has 6 nitrogen and oxygen atoms in total. The molecule has 1 unspecified atom stereocenters. The number of rotatable bonds is 5. The summed E-state index contributed by atoms with van der Waals surface area (Å²) in [6, 6.07) is 5.19. The third kappa shape index (κ3) is 3.73. The van der Waals surface area contributed by atoms with Crippen molar-refractivity contribution in [1.82, 2.24) is 10.2 Å². The van der Waals surface area contributed by atoms with E-state index in [0.717, 1.165) is 0 Å². The van der Waals surface area contributed by atoms with Crippen LogP contribution in [0, 0.1) is 5.82 Å². The van der Waals surface area contributed by atoms with E-state index in [1.807, 2.05) is 6.92 Å². The van der Waals surface area contributed by atoms with E-state index in [4.69, 9.17) is 5.11 Å². The molecule has 120 valence electrons. The Hall–Kier alpha value is -2.15. The number of carbonyl (C=O) groups is 2. The van der Waals surface area contributed by atoms with Crippen LogP contribution in [0.3, 0.4) is 0 Å². The number of urea groups is 1. The van der Waals surface area contributed by atoms with E-state index in [0.29, 0.717) is 18.8 Å². The molecule has 2 rings (SSSR count). The highest BCUT2D eigenvalue weighted by atomic mass is 19.1. The van der Waals surface area contributed by atoms with Gasteiger partial charge in [-0.3, -0.25) is 4.79 Å². The topological polar surface area (TPSA) is 72.9 Å². The van der Waals surface area contributed by atoms with Crippen LogP contribution in [-0.2, 0) is 4.79 Å². The van der Waals surface area contributed by atoms with Crippen molar-refractivity contribution in [3.8, 4) is 0 Å². The Morgan fingerprint density at radius 1 is 1.55 bits per heavy atom. The lowest BCUT2D eigenvalue weighted by Crippen LogP contribution is -2.46. The number of anilines is 1. The molecule has 1 aliphatic heterocycles. The normalized spacial score (nSPS) is 17.7. The van der Waals surface area contributed by atoms with Crippen molar-refractivity contribution in [2.45, 2.75) is 19.4 Å². The van der Waals surface area contributed by atoms with Gasteiger partial charge in [0.25, 0.3) is 0 Å². The molecule has 1 heterocycles. The minimum Gasteiger partial charge on any atom is -0.395 e. The summed E-state index contributed by atoms with van der Waals surface area (Å²) in [6.07, 6.45) is 0.179. The molecule has 0 spiro atoms. The van der Waals surface area contributed by atoms with Crippen LogP contribution >= 0.6 is 0 Å². The van der Waals surface area contributed by atoms with Crippen LogP contribution in [0.2, 0.25) is 0 Å². The van der Waals surface area contributed by atoms with E-state index in [-0.39, 0.29) is 37.6 Å². The van der Waals surface area contributed by atoms with Gasteiger partial charge >= 0.3 is 6.03 Å². The van der Waals surface area contributed by atoms with Gasteiger partial charge in [0, 0.05) is 31.7 Å². The van der Waals surface area contributed by atoms with Crippen LogP contribution in [-0.4, -0.2) is 54.2 Å². The van der Waals surface area contributed by atoms with Gasteiger partial charge in [0.1, 0.15) is 5.82 Å². The van der Waals surface area contributed by atoms with Crippen molar-refractivity contribution in [1.29, 1.82) is 0 Å². The van der Waals surface area contributed by atoms with E-state index < -0.39 is 5.82 Å². The number of amides is 3. The summed E-state index contributed by atoms with van der Waals surface area (Å²) in [5.41, 5.74) is 0.490. The Kier molecular flexibility index (Phi) is 5.32. The van der Waals surface area contributed by atoms with Gasteiger partial charge in [0.15, 0.2) is 0 Å². The third-order valence-corrected chi connectivity index (χ3v) is 3.61. The fourth-order valence-corrected chi connectivity index (χ4v) is 2.49. The predicted octanol–water partition coefficient (Wildman–Crippen LogP) is 0.955. The molecule has 7 heteroatoms. The first kappa shape index (κ1) is 16.2. The second-order valence-electron chi connectivity index (χ2n) is 5.14. The first-order valence-corrected chi connectivity index (χ1v) is 7.27. The lowest BCUT2D eigenvalue weighted by atomic mass is 10.2. The molecule has 2 N–H and O–H groups in total. The molecule has 0 bridgehead atoms. The fraction of sp³-hybridized carbons (Fsp3) is 0.467. The summed E-state index contributed by atoms with van der Waals surface area (Å²) >= 11 is 0. The van der Waals surface area contributed by atoms with E-state index in [1.54, 1.807) is 12.1 Å². The van der Waals surface area contributed by atoms with Gasteiger partial charge in [-0.15, -0.1) is 0 Å². The number of nitrogens with zero attached hydrogens (tertiary/aromatic N) is 2. The highest BCUT2D eigenvalue weighted by molar-refractivity contribution is 5.96. The predicted molar refractivity (Wildman–Crippen MR) is 80.0 cm³/mol. The smallest absolute Gasteiger partial charge is 0.317 e. The maximum Gasteiger partial charge on any atom is 0.317 e. The van der Waals surface area contributed by atoms with E-state index >= 15 is 0 Å². The quantitative estimate of drug-likeness (QED) is 0.851. The number of halogens is 1. The summed E-state index contributed by atoms with van der Waals surface area (Å²) in [6.45, 7) is 2.73. The highest BCUT2D eigenvalue weighted by Gasteiger charge is 2.32. The van der Waals surface area contributed by atoms with Gasteiger partial charge in [-0.25, -0.2) is 9.18 Å². The van der Waals surface area contributed by atoms with Gasteiger partial charge in [-0.2, -0.15) is 0 Å². The zero-order valence-electron chi connectivity index (χ0n) is 12.5. The van der Waals surface area contributed by atoms with Crippen LogP contribution in [0.15, 0.2) is 24.3 Å². The molecule has 1 aromatic rings. The number of benzene rings is 1. The fourth-order valence-electron chi connectivity index (χ4n) is 2.49. The number of hydrogen-bond donors (Lipinski definition) is 2. The first-order valence-electron chi connectivity index (χ1n) is 7.27. The van der Waals surface area contributed by atoms with Crippen molar-refractivity contribution in [2.75, 3.05) is 31.1 Å². The lowest BCUT2D eigenvalue weighted by molar-refractivity contribution is -0.117. The number of aliphatic hydroxyl groups is 1. The summed E-state index contributed by atoms with van der Waals surface area (Å²) in [5.74, 6) is -0.556. The largest absolute Gasteiger partial charge is 0.395 e. The number of hydrogen-bond acceptors (Lipinski definition) is 3. The molecule has 3 amide bonds. The summed E-state index contributed by atoms with van der Waals surface area (Å²) in [4.78, 5) is 27.0. The highest BCUT2D eigenvalue weighted by Crippen LogP contribution is 2.22. The molecule has 22 heavy (non-hydrogen) atoms. The molecule has 0 aliphatic carbocycles. The van der Waals surface area contributed by atoms with E-state index in [9.17, 15) is 14.0 Å². The minimum atomic E-state index is -0.405. The van der Waals surface area contributed by atoms with Crippen molar-refractivity contribution in [3.63, 3.8) is 0 Å². The Labute approximate surface area is 128 Å². The summed E-state index contributed by atoms with van der Waals surface area (Å²) < 4.78 is 13.3. The van der Waals surface area contributed by atoms with Crippen LogP contribution < -0.4 is 10.2 Å². The molecule has 1 aromatic carbocycles. The molecule has 1 aliphatic rings. The molecule has 0 saturated carbocycles. The van der Waals surface area contributed by atoms with Gasteiger partial charge < -0.3 is 20.2 Å². The van der Waals surface area contributed by atoms with Gasteiger partial charge in [-0.1, -0.05) is 6.07 Å².